The smallest absolute Gasteiger partial charge is 0.0484 e. The Morgan fingerprint density at radius 1 is 1.70 bits per heavy atom. The van der Waals surface area contributed by atoms with Crippen molar-refractivity contribution < 1.29 is 4.21 Å². The highest BCUT2D eigenvalue weighted by Crippen LogP contribution is 2.20. The summed E-state index contributed by atoms with van der Waals surface area (Å²) in [7, 11) is -0.634. The van der Waals surface area contributed by atoms with Crippen LogP contribution in [-0.4, -0.2) is 9.96 Å². The molecule has 0 amide bonds. The summed E-state index contributed by atoms with van der Waals surface area (Å²) in [6.45, 7) is 2.08. The Morgan fingerprint density at radius 2 is 2.50 bits per heavy atom. The maximum atomic E-state index is 11.3. The second-order valence-corrected chi connectivity index (χ2v) is 4.24. The lowest BCUT2D eigenvalue weighted by molar-refractivity contribution is 0.684. The van der Waals surface area contributed by atoms with Gasteiger partial charge in [-0.25, -0.2) is 0 Å². The van der Waals surface area contributed by atoms with Gasteiger partial charge in [0.25, 0.3) is 0 Å². The van der Waals surface area contributed by atoms with Crippen LogP contribution in [0.4, 0.5) is 0 Å². The summed E-state index contributed by atoms with van der Waals surface area (Å²) in [6, 6.07) is 0. The summed E-state index contributed by atoms with van der Waals surface area (Å²) in [6.07, 6.45) is 6.61. The van der Waals surface area contributed by atoms with E-state index in [2.05, 4.69) is 13.0 Å². The zero-order valence-electron chi connectivity index (χ0n) is 6.43. The molecule has 1 unspecified atom stereocenters. The molecule has 0 bridgehead atoms. The zero-order chi connectivity index (χ0) is 7.40. The molecule has 2 heteroatoms. The first-order valence-corrected chi connectivity index (χ1v) is 5.24. The van der Waals surface area contributed by atoms with Crippen molar-refractivity contribution in [1.82, 2.24) is 0 Å². The van der Waals surface area contributed by atoms with Crippen LogP contribution in [0.2, 0.25) is 0 Å². The Bertz CT molecular complexity index is 161. The van der Waals surface area contributed by atoms with Crippen molar-refractivity contribution in [3.8, 4) is 0 Å². The number of hydrogen-bond donors (Lipinski definition) is 0. The summed E-state index contributed by atoms with van der Waals surface area (Å²) in [5.74, 6) is 0.853. The summed E-state index contributed by atoms with van der Waals surface area (Å²) >= 11 is 0. The molecule has 0 aromatic heterocycles. The highest BCUT2D eigenvalue weighted by molar-refractivity contribution is 7.88. The minimum absolute atomic E-state index is 0.634. The molecule has 1 nitrogen and oxygen atoms in total. The first-order chi connectivity index (χ1) is 4.84. The third kappa shape index (κ3) is 1.94. The van der Waals surface area contributed by atoms with E-state index in [9.17, 15) is 4.21 Å². The maximum Gasteiger partial charge on any atom is 0.0484 e. The standard InChI is InChI=1S/C8H14OS/c1-2-7-10(9)8-5-3-4-6-8/h5H,2-4,6-7H2,1H3. The van der Waals surface area contributed by atoms with E-state index in [-0.39, 0.29) is 0 Å². The molecule has 0 radical (unpaired) electrons. The fraction of sp³-hybridized carbons (Fsp3) is 0.750. The number of hydrogen-bond acceptors (Lipinski definition) is 1. The molecule has 1 aliphatic rings. The molecule has 0 aromatic carbocycles. The van der Waals surface area contributed by atoms with Crippen LogP contribution >= 0.6 is 0 Å². The predicted molar refractivity (Wildman–Crippen MR) is 45.2 cm³/mol. The molecule has 0 saturated heterocycles. The highest BCUT2D eigenvalue weighted by Gasteiger charge is 2.09. The van der Waals surface area contributed by atoms with Crippen molar-refractivity contribution in [2.45, 2.75) is 32.6 Å². The molecule has 58 valence electrons. The van der Waals surface area contributed by atoms with Gasteiger partial charge in [0.15, 0.2) is 0 Å². The summed E-state index contributed by atoms with van der Waals surface area (Å²) in [5, 5.41) is 0. The van der Waals surface area contributed by atoms with Crippen molar-refractivity contribution in [1.29, 1.82) is 0 Å². The quantitative estimate of drug-likeness (QED) is 0.615. The van der Waals surface area contributed by atoms with Crippen molar-refractivity contribution >= 4 is 10.8 Å². The molecule has 1 rings (SSSR count). The molecular weight excluding hydrogens is 144 g/mol. The van der Waals surface area contributed by atoms with Gasteiger partial charge in [-0.05, 0) is 25.7 Å². The molecule has 0 fully saturated rings. The topological polar surface area (TPSA) is 17.1 Å². The van der Waals surface area contributed by atoms with Crippen LogP contribution in [0.15, 0.2) is 11.0 Å². The molecule has 0 N–H and O–H groups in total. The lowest BCUT2D eigenvalue weighted by atomic mass is 10.4. The third-order valence-corrected chi connectivity index (χ3v) is 3.42. The molecule has 1 atom stereocenters. The van der Waals surface area contributed by atoms with Gasteiger partial charge in [0.05, 0.1) is 0 Å². The van der Waals surface area contributed by atoms with Gasteiger partial charge in [0.2, 0.25) is 0 Å². The molecule has 10 heavy (non-hydrogen) atoms. The maximum absolute atomic E-state index is 11.3. The Labute approximate surface area is 65.0 Å². The average molecular weight is 158 g/mol. The molecular formula is C8H14OS. The Hall–Kier alpha value is -0.110. The van der Waals surface area contributed by atoms with Crippen LogP contribution in [0.3, 0.4) is 0 Å². The van der Waals surface area contributed by atoms with Crippen LogP contribution in [-0.2, 0) is 10.8 Å². The van der Waals surface area contributed by atoms with Gasteiger partial charge in [-0.2, -0.15) is 0 Å². The summed E-state index contributed by atoms with van der Waals surface area (Å²) in [4.78, 5) is 1.20. The SMILES string of the molecule is CCCS(=O)C1=CCCC1. The average Bonchev–Trinajstić information content (AvgIpc) is 2.38. The third-order valence-electron chi connectivity index (χ3n) is 1.68. The van der Waals surface area contributed by atoms with Gasteiger partial charge in [-0.1, -0.05) is 13.0 Å². The zero-order valence-corrected chi connectivity index (χ0v) is 7.25. The van der Waals surface area contributed by atoms with Gasteiger partial charge >= 0.3 is 0 Å². The minimum atomic E-state index is -0.634. The summed E-state index contributed by atoms with van der Waals surface area (Å²) < 4.78 is 11.3. The van der Waals surface area contributed by atoms with E-state index >= 15 is 0 Å². The minimum Gasteiger partial charge on any atom is -0.255 e. The van der Waals surface area contributed by atoms with E-state index in [0.717, 1.165) is 25.0 Å². The normalized spacial score (nSPS) is 20.7. The van der Waals surface area contributed by atoms with E-state index in [1.165, 1.54) is 11.3 Å². The monoisotopic (exact) mass is 158 g/mol. The Morgan fingerprint density at radius 3 is 3.00 bits per heavy atom. The van der Waals surface area contributed by atoms with Gasteiger partial charge in [-0.15, -0.1) is 0 Å². The Kier molecular flexibility index (Phi) is 3.13. The summed E-state index contributed by atoms with van der Waals surface area (Å²) in [5.41, 5.74) is 0. The van der Waals surface area contributed by atoms with Gasteiger partial charge in [-0.3, -0.25) is 4.21 Å². The predicted octanol–water partition coefficient (Wildman–Crippen LogP) is 2.21. The first kappa shape index (κ1) is 7.99. The molecule has 0 aromatic rings. The van der Waals surface area contributed by atoms with Crippen LogP contribution in [0.1, 0.15) is 32.6 Å². The molecule has 1 aliphatic carbocycles. The second kappa shape index (κ2) is 3.91. The second-order valence-electron chi connectivity index (χ2n) is 2.61. The van der Waals surface area contributed by atoms with Crippen LogP contribution in [0, 0.1) is 0 Å². The van der Waals surface area contributed by atoms with E-state index in [0.29, 0.717) is 0 Å². The van der Waals surface area contributed by atoms with E-state index in [4.69, 9.17) is 0 Å². The molecule has 0 aliphatic heterocycles. The van der Waals surface area contributed by atoms with Crippen LogP contribution in [0.5, 0.6) is 0 Å². The van der Waals surface area contributed by atoms with Crippen molar-refractivity contribution in [3.05, 3.63) is 11.0 Å². The van der Waals surface area contributed by atoms with Crippen LogP contribution < -0.4 is 0 Å². The van der Waals surface area contributed by atoms with E-state index < -0.39 is 10.8 Å². The lowest BCUT2D eigenvalue weighted by Crippen LogP contribution is -1.96. The van der Waals surface area contributed by atoms with Crippen LogP contribution in [0.25, 0.3) is 0 Å². The fourth-order valence-electron chi connectivity index (χ4n) is 1.16. The molecule has 0 heterocycles. The van der Waals surface area contributed by atoms with Crippen molar-refractivity contribution in [3.63, 3.8) is 0 Å². The van der Waals surface area contributed by atoms with E-state index in [1.54, 1.807) is 0 Å². The van der Waals surface area contributed by atoms with Crippen molar-refractivity contribution in [2.24, 2.45) is 0 Å². The first-order valence-electron chi connectivity index (χ1n) is 3.92. The fourth-order valence-corrected chi connectivity index (χ4v) is 2.47. The van der Waals surface area contributed by atoms with Gasteiger partial charge < -0.3 is 0 Å². The van der Waals surface area contributed by atoms with Gasteiger partial charge in [0, 0.05) is 21.5 Å². The van der Waals surface area contributed by atoms with Crippen molar-refractivity contribution in [2.75, 3.05) is 5.75 Å². The van der Waals surface area contributed by atoms with E-state index in [1.807, 2.05) is 0 Å². The lowest BCUT2D eigenvalue weighted by Gasteiger charge is -1.98. The largest absolute Gasteiger partial charge is 0.255 e. The molecule has 0 spiro atoms. The number of allylic oxidation sites excluding steroid dienone is 2. The number of rotatable bonds is 3. The van der Waals surface area contributed by atoms with Gasteiger partial charge in [0.1, 0.15) is 0 Å². The Balaban J connectivity index is 2.40. The molecule has 0 saturated carbocycles. The highest BCUT2D eigenvalue weighted by atomic mass is 32.2.